The second-order valence-electron chi connectivity index (χ2n) is 7.26. The Morgan fingerprint density at radius 3 is 2.83 bits per heavy atom. The number of hydrogen-bond donors (Lipinski definition) is 1. The van der Waals surface area contributed by atoms with Gasteiger partial charge in [-0.25, -0.2) is 0 Å². The minimum atomic E-state index is -0.554. The molecule has 128 valence electrons. The molecule has 0 aromatic carbocycles. The fraction of sp³-hybridized carbons (Fsp3) is 0.611. The van der Waals surface area contributed by atoms with Crippen molar-refractivity contribution in [3.05, 3.63) is 33.7 Å². The lowest BCUT2D eigenvalue weighted by Crippen LogP contribution is -2.46. The van der Waals surface area contributed by atoms with Crippen molar-refractivity contribution in [2.45, 2.75) is 45.8 Å². The smallest absolute Gasteiger partial charge is 0.231 e. The van der Waals surface area contributed by atoms with Gasteiger partial charge >= 0.3 is 0 Å². The highest BCUT2D eigenvalue weighted by Gasteiger charge is 2.49. The molecule has 24 heavy (non-hydrogen) atoms. The Labute approximate surface area is 141 Å². The first-order chi connectivity index (χ1) is 11.4. The molecule has 0 spiro atoms. The predicted molar refractivity (Wildman–Crippen MR) is 88.2 cm³/mol. The summed E-state index contributed by atoms with van der Waals surface area (Å²) in [6, 6.07) is 1.63. The standard InChI is InChI=1S/C18H23N3O3/c1-11-6-15(14-9-20-8-13(7-19)16(14)22)21(10-11)17(23)18(3)4-5-24-12(18)2/h8-9,11-12,15H,4-6,10H2,1-3H3,(H,20,22)/t11-,12?,15+,18?/m1/s1. The number of hydrogen-bond acceptors (Lipinski definition) is 4. The number of pyridine rings is 1. The number of ether oxygens (including phenoxy) is 1. The van der Waals surface area contributed by atoms with Crippen LogP contribution in [0.1, 0.15) is 50.8 Å². The van der Waals surface area contributed by atoms with Crippen LogP contribution >= 0.6 is 0 Å². The van der Waals surface area contributed by atoms with E-state index in [1.807, 2.05) is 24.8 Å². The van der Waals surface area contributed by atoms with Gasteiger partial charge in [0.25, 0.3) is 0 Å². The van der Waals surface area contributed by atoms with Crippen LogP contribution in [0.5, 0.6) is 0 Å². The fourth-order valence-electron chi connectivity index (χ4n) is 3.84. The maximum Gasteiger partial charge on any atom is 0.231 e. The third-order valence-electron chi connectivity index (χ3n) is 5.60. The Balaban J connectivity index is 1.98. The molecule has 2 saturated heterocycles. The molecule has 6 nitrogen and oxygen atoms in total. The van der Waals surface area contributed by atoms with Gasteiger partial charge in [0, 0.05) is 31.1 Å². The van der Waals surface area contributed by atoms with Gasteiger partial charge in [0.05, 0.1) is 17.6 Å². The molecule has 6 heteroatoms. The highest BCUT2D eigenvalue weighted by atomic mass is 16.5. The van der Waals surface area contributed by atoms with Crippen molar-refractivity contribution in [1.82, 2.24) is 9.88 Å². The lowest BCUT2D eigenvalue weighted by atomic mass is 9.82. The zero-order chi connectivity index (χ0) is 17.5. The molecule has 3 rings (SSSR count). The van der Waals surface area contributed by atoms with Gasteiger partial charge in [-0.2, -0.15) is 5.26 Å². The summed E-state index contributed by atoms with van der Waals surface area (Å²) in [4.78, 5) is 30.5. The number of nitrogens with one attached hydrogen (secondary N) is 1. The van der Waals surface area contributed by atoms with Crippen LogP contribution in [-0.4, -0.2) is 35.0 Å². The summed E-state index contributed by atoms with van der Waals surface area (Å²) in [6.45, 7) is 7.18. The normalized spacial score (nSPS) is 32.8. The molecule has 2 aliphatic rings. The van der Waals surface area contributed by atoms with Crippen LogP contribution in [0.25, 0.3) is 0 Å². The number of nitriles is 1. The first kappa shape index (κ1) is 16.7. The van der Waals surface area contributed by atoms with Crippen LogP contribution in [0.15, 0.2) is 17.2 Å². The molecule has 0 aliphatic carbocycles. The summed E-state index contributed by atoms with van der Waals surface area (Å²) >= 11 is 0. The molecule has 2 fully saturated rings. The van der Waals surface area contributed by atoms with Crippen molar-refractivity contribution in [2.75, 3.05) is 13.2 Å². The molecule has 0 radical (unpaired) electrons. The number of carbonyl (C=O) groups excluding carboxylic acids is 1. The molecular weight excluding hydrogens is 306 g/mol. The molecule has 2 unspecified atom stereocenters. The van der Waals surface area contributed by atoms with E-state index in [2.05, 4.69) is 11.9 Å². The van der Waals surface area contributed by atoms with Crippen LogP contribution in [0, 0.1) is 22.7 Å². The monoisotopic (exact) mass is 329 g/mol. The first-order valence-electron chi connectivity index (χ1n) is 8.42. The van der Waals surface area contributed by atoms with Gasteiger partial charge in [-0.15, -0.1) is 0 Å². The van der Waals surface area contributed by atoms with Gasteiger partial charge in [0.2, 0.25) is 11.3 Å². The van der Waals surface area contributed by atoms with E-state index in [-0.39, 0.29) is 29.0 Å². The maximum atomic E-state index is 13.2. The van der Waals surface area contributed by atoms with Crippen molar-refractivity contribution in [2.24, 2.45) is 11.3 Å². The minimum Gasteiger partial charge on any atom is -0.377 e. The van der Waals surface area contributed by atoms with Crippen LogP contribution in [0.2, 0.25) is 0 Å². The number of aromatic amines is 1. The van der Waals surface area contributed by atoms with Crippen LogP contribution in [0.3, 0.4) is 0 Å². The highest BCUT2D eigenvalue weighted by molar-refractivity contribution is 5.84. The molecule has 1 aromatic rings. The summed E-state index contributed by atoms with van der Waals surface area (Å²) < 4.78 is 5.62. The third-order valence-corrected chi connectivity index (χ3v) is 5.60. The zero-order valence-corrected chi connectivity index (χ0v) is 14.3. The van der Waals surface area contributed by atoms with E-state index in [1.165, 1.54) is 6.20 Å². The molecule has 1 amide bonds. The number of amides is 1. The van der Waals surface area contributed by atoms with Gasteiger partial charge in [-0.05, 0) is 32.6 Å². The zero-order valence-electron chi connectivity index (χ0n) is 14.3. The molecule has 0 saturated carbocycles. The average Bonchev–Trinajstić information content (AvgIpc) is 3.11. The molecule has 1 N–H and O–H groups in total. The molecule has 1 aromatic heterocycles. The van der Waals surface area contributed by atoms with E-state index >= 15 is 0 Å². The van der Waals surface area contributed by atoms with E-state index in [9.17, 15) is 9.59 Å². The molecule has 2 aliphatic heterocycles. The van der Waals surface area contributed by atoms with Crippen LogP contribution in [-0.2, 0) is 9.53 Å². The Bertz CT molecular complexity index is 751. The van der Waals surface area contributed by atoms with Gasteiger partial charge in [0.1, 0.15) is 11.6 Å². The maximum absolute atomic E-state index is 13.2. The molecule has 3 heterocycles. The van der Waals surface area contributed by atoms with Crippen molar-refractivity contribution < 1.29 is 9.53 Å². The third kappa shape index (κ3) is 2.53. The molecule has 4 atom stereocenters. The number of aromatic nitrogens is 1. The molecule has 0 bridgehead atoms. The lowest BCUT2D eigenvalue weighted by molar-refractivity contribution is -0.145. The summed E-state index contributed by atoms with van der Waals surface area (Å²) in [5, 5.41) is 9.09. The Hall–Kier alpha value is -2.13. The summed E-state index contributed by atoms with van der Waals surface area (Å²) in [5.74, 6) is 0.355. The SMILES string of the molecule is CC1OCCC1(C)C(=O)N1C[C@H](C)C[C@H]1c1c[nH]cc(C#N)c1=O. The Morgan fingerprint density at radius 2 is 2.21 bits per heavy atom. The van der Waals surface area contributed by atoms with E-state index in [1.54, 1.807) is 6.20 Å². The molecular formula is C18H23N3O3. The summed E-state index contributed by atoms with van der Waals surface area (Å²) in [5.41, 5.74) is -0.249. The lowest BCUT2D eigenvalue weighted by Gasteiger charge is -2.34. The number of H-pyrrole nitrogens is 1. The Morgan fingerprint density at radius 1 is 1.46 bits per heavy atom. The van der Waals surface area contributed by atoms with Crippen molar-refractivity contribution >= 4 is 5.91 Å². The quantitative estimate of drug-likeness (QED) is 0.899. The van der Waals surface area contributed by atoms with Gasteiger partial charge in [-0.1, -0.05) is 6.92 Å². The topological polar surface area (TPSA) is 86.2 Å². The second kappa shape index (κ2) is 6.06. The van der Waals surface area contributed by atoms with Crippen molar-refractivity contribution in [3.8, 4) is 6.07 Å². The number of carbonyl (C=O) groups is 1. The van der Waals surface area contributed by atoms with E-state index in [4.69, 9.17) is 10.00 Å². The summed E-state index contributed by atoms with van der Waals surface area (Å²) in [7, 11) is 0. The van der Waals surface area contributed by atoms with Gasteiger partial charge in [0.15, 0.2) is 0 Å². The van der Waals surface area contributed by atoms with Crippen molar-refractivity contribution in [3.63, 3.8) is 0 Å². The van der Waals surface area contributed by atoms with Crippen molar-refractivity contribution in [1.29, 1.82) is 5.26 Å². The van der Waals surface area contributed by atoms with Gasteiger partial charge in [-0.3, -0.25) is 9.59 Å². The van der Waals surface area contributed by atoms with E-state index in [0.29, 0.717) is 31.1 Å². The number of rotatable bonds is 2. The van der Waals surface area contributed by atoms with E-state index in [0.717, 1.165) is 6.42 Å². The second-order valence-corrected chi connectivity index (χ2v) is 7.26. The summed E-state index contributed by atoms with van der Waals surface area (Å²) in [6.07, 6.45) is 4.33. The largest absolute Gasteiger partial charge is 0.377 e. The first-order valence-corrected chi connectivity index (χ1v) is 8.42. The highest BCUT2D eigenvalue weighted by Crippen LogP contribution is 2.42. The predicted octanol–water partition coefficient (Wildman–Crippen LogP) is 1.97. The fourth-order valence-corrected chi connectivity index (χ4v) is 3.84. The van der Waals surface area contributed by atoms with Crippen LogP contribution < -0.4 is 5.43 Å². The minimum absolute atomic E-state index is 0.0450. The average molecular weight is 329 g/mol. The number of likely N-dealkylation sites (tertiary alicyclic amines) is 1. The Kier molecular flexibility index (Phi) is 4.22. The number of nitrogens with zero attached hydrogens (tertiary/aromatic N) is 2. The van der Waals surface area contributed by atoms with E-state index < -0.39 is 5.41 Å². The van der Waals surface area contributed by atoms with Crippen LogP contribution in [0.4, 0.5) is 0 Å². The van der Waals surface area contributed by atoms with Gasteiger partial charge < -0.3 is 14.6 Å².